The summed E-state index contributed by atoms with van der Waals surface area (Å²) in [6.07, 6.45) is 0. The Bertz CT molecular complexity index is 451. The van der Waals surface area contributed by atoms with Crippen LogP contribution < -0.4 is 0 Å². The van der Waals surface area contributed by atoms with Crippen molar-refractivity contribution in [3.05, 3.63) is 35.9 Å². The first kappa shape index (κ1) is 11.8. The fourth-order valence-electron chi connectivity index (χ4n) is 2.21. The first-order valence-electron chi connectivity index (χ1n) is 5.84. The largest absolute Gasteiger partial charge is 0.328 e. The number of hydrogen-bond acceptors (Lipinski definition) is 2. The Morgan fingerprint density at radius 1 is 1.18 bits per heavy atom. The molecule has 1 atom stereocenters. The molecular weight excluding hydrogens is 214 g/mol. The van der Waals surface area contributed by atoms with Crippen molar-refractivity contribution in [3.63, 3.8) is 0 Å². The number of carbonyl (C=O) groups is 2. The van der Waals surface area contributed by atoms with Gasteiger partial charge in [0.1, 0.15) is 0 Å². The van der Waals surface area contributed by atoms with Crippen molar-refractivity contribution in [2.24, 2.45) is 5.41 Å². The summed E-state index contributed by atoms with van der Waals surface area (Å²) in [7, 11) is 0. The lowest BCUT2D eigenvalue weighted by molar-refractivity contribution is -0.142. The smallest absolute Gasteiger partial charge is 0.291 e. The van der Waals surface area contributed by atoms with Gasteiger partial charge in [-0.1, -0.05) is 44.2 Å². The molecule has 17 heavy (non-hydrogen) atoms. The number of benzene rings is 1. The number of hydrogen-bond donors (Lipinski definition) is 0. The highest BCUT2D eigenvalue weighted by Crippen LogP contribution is 2.32. The van der Waals surface area contributed by atoms with Crippen LogP contribution in [0.2, 0.25) is 0 Å². The topological polar surface area (TPSA) is 37.4 Å². The molecule has 1 aromatic carbocycles. The van der Waals surface area contributed by atoms with E-state index in [2.05, 4.69) is 0 Å². The van der Waals surface area contributed by atoms with Crippen LogP contribution in [0.15, 0.2) is 30.3 Å². The Balaban J connectivity index is 2.26. The molecule has 1 aromatic rings. The molecule has 0 aromatic heterocycles. The van der Waals surface area contributed by atoms with Gasteiger partial charge in [-0.25, -0.2) is 0 Å². The van der Waals surface area contributed by atoms with Crippen LogP contribution in [-0.2, 0) is 9.59 Å². The van der Waals surface area contributed by atoms with Gasteiger partial charge in [-0.05, 0) is 12.5 Å². The van der Waals surface area contributed by atoms with Gasteiger partial charge in [-0.2, -0.15) is 0 Å². The molecule has 0 saturated carbocycles. The monoisotopic (exact) mass is 231 g/mol. The Morgan fingerprint density at radius 3 is 2.24 bits per heavy atom. The van der Waals surface area contributed by atoms with Crippen molar-refractivity contribution in [3.8, 4) is 0 Å². The summed E-state index contributed by atoms with van der Waals surface area (Å²) in [4.78, 5) is 25.4. The van der Waals surface area contributed by atoms with Crippen molar-refractivity contribution in [1.29, 1.82) is 0 Å². The molecule has 1 fully saturated rings. The first-order valence-corrected chi connectivity index (χ1v) is 5.84. The quantitative estimate of drug-likeness (QED) is 0.732. The van der Waals surface area contributed by atoms with Crippen LogP contribution >= 0.6 is 0 Å². The fourth-order valence-corrected chi connectivity index (χ4v) is 2.21. The van der Waals surface area contributed by atoms with Crippen LogP contribution in [0.25, 0.3) is 0 Å². The lowest BCUT2D eigenvalue weighted by atomic mass is 9.91. The molecular formula is C14H17NO2. The molecule has 0 radical (unpaired) electrons. The van der Waals surface area contributed by atoms with E-state index in [1.54, 1.807) is 4.90 Å². The zero-order valence-electron chi connectivity index (χ0n) is 10.4. The molecule has 1 aliphatic heterocycles. The summed E-state index contributed by atoms with van der Waals surface area (Å²) >= 11 is 0. The average Bonchev–Trinajstić information content (AvgIpc) is 2.53. The van der Waals surface area contributed by atoms with Crippen LogP contribution in [0, 0.1) is 5.41 Å². The van der Waals surface area contributed by atoms with Gasteiger partial charge in [-0.15, -0.1) is 0 Å². The van der Waals surface area contributed by atoms with Gasteiger partial charge in [0.05, 0.1) is 11.5 Å². The molecule has 1 aliphatic rings. The van der Waals surface area contributed by atoms with Gasteiger partial charge in [0, 0.05) is 6.54 Å². The molecule has 1 saturated heterocycles. The van der Waals surface area contributed by atoms with Crippen molar-refractivity contribution >= 4 is 11.7 Å². The lowest BCUT2D eigenvalue weighted by Gasteiger charge is -2.25. The Morgan fingerprint density at radius 2 is 1.76 bits per heavy atom. The van der Waals surface area contributed by atoms with Crippen LogP contribution in [0.1, 0.15) is 32.4 Å². The van der Waals surface area contributed by atoms with Gasteiger partial charge in [0.25, 0.3) is 5.91 Å². The number of rotatable bonds is 2. The second-order valence-corrected chi connectivity index (χ2v) is 5.23. The summed E-state index contributed by atoms with van der Waals surface area (Å²) in [5.74, 6) is -0.633. The van der Waals surface area contributed by atoms with Crippen molar-refractivity contribution in [2.75, 3.05) is 6.54 Å². The van der Waals surface area contributed by atoms with E-state index in [0.717, 1.165) is 5.56 Å². The summed E-state index contributed by atoms with van der Waals surface area (Å²) < 4.78 is 0. The van der Waals surface area contributed by atoms with Crippen LogP contribution in [0.5, 0.6) is 0 Å². The maximum absolute atomic E-state index is 11.9. The van der Waals surface area contributed by atoms with Crippen LogP contribution in [0.4, 0.5) is 0 Å². The number of Topliss-reactive ketones (excluding diaryl/α,β-unsaturated/α-hetero) is 1. The third kappa shape index (κ3) is 1.97. The summed E-state index contributed by atoms with van der Waals surface area (Å²) in [6.45, 7) is 6.11. The zero-order chi connectivity index (χ0) is 12.6. The molecule has 2 rings (SSSR count). The van der Waals surface area contributed by atoms with Gasteiger partial charge in [0.15, 0.2) is 0 Å². The second-order valence-electron chi connectivity index (χ2n) is 5.23. The molecule has 0 spiro atoms. The SMILES string of the molecule is CC(c1ccccc1)N1CC(C)(C)C(=O)C1=O. The zero-order valence-corrected chi connectivity index (χ0v) is 10.4. The molecule has 3 heteroatoms. The molecule has 1 heterocycles. The molecule has 0 bridgehead atoms. The summed E-state index contributed by atoms with van der Waals surface area (Å²) in [5.41, 5.74) is 0.506. The number of ketones is 1. The predicted octanol–water partition coefficient (Wildman–Crippen LogP) is 2.19. The van der Waals surface area contributed by atoms with Crippen LogP contribution in [-0.4, -0.2) is 23.1 Å². The third-order valence-corrected chi connectivity index (χ3v) is 3.38. The highest BCUT2D eigenvalue weighted by Gasteiger charge is 2.46. The third-order valence-electron chi connectivity index (χ3n) is 3.38. The maximum atomic E-state index is 11.9. The van der Waals surface area contributed by atoms with Gasteiger partial charge >= 0.3 is 0 Å². The standard InChI is InChI=1S/C14H17NO2/c1-10(11-7-5-4-6-8-11)15-9-14(2,3)12(16)13(15)17/h4-8,10H,9H2,1-3H3. The predicted molar refractivity (Wildman–Crippen MR) is 65.4 cm³/mol. The molecule has 1 unspecified atom stereocenters. The maximum Gasteiger partial charge on any atom is 0.291 e. The first-order chi connectivity index (χ1) is 7.93. The number of nitrogens with zero attached hydrogens (tertiary/aromatic N) is 1. The van der Waals surface area contributed by atoms with E-state index in [-0.39, 0.29) is 17.7 Å². The molecule has 3 nitrogen and oxygen atoms in total. The van der Waals surface area contributed by atoms with Crippen molar-refractivity contribution in [2.45, 2.75) is 26.8 Å². The Labute approximate surface area is 101 Å². The highest BCUT2D eigenvalue weighted by atomic mass is 16.2. The van der Waals surface area contributed by atoms with E-state index >= 15 is 0 Å². The van der Waals surface area contributed by atoms with E-state index in [1.807, 2.05) is 51.1 Å². The van der Waals surface area contributed by atoms with E-state index in [0.29, 0.717) is 6.54 Å². The van der Waals surface area contributed by atoms with Gasteiger partial charge in [0.2, 0.25) is 5.78 Å². The van der Waals surface area contributed by atoms with Crippen molar-refractivity contribution in [1.82, 2.24) is 4.90 Å². The Kier molecular flexibility index (Phi) is 2.77. The van der Waals surface area contributed by atoms with Gasteiger partial charge in [-0.3, -0.25) is 9.59 Å². The van der Waals surface area contributed by atoms with Crippen LogP contribution in [0.3, 0.4) is 0 Å². The molecule has 90 valence electrons. The van der Waals surface area contributed by atoms with Gasteiger partial charge < -0.3 is 4.90 Å². The summed E-state index contributed by atoms with van der Waals surface area (Å²) in [6, 6.07) is 9.74. The molecule has 0 N–H and O–H groups in total. The summed E-state index contributed by atoms with van der Waals surface area (Å²) in [5, 5.41) is 0. The molecule has 0 aliphatic carbocycles. The van der Waals surface area contributed by atoms with E-state index < -0.39 is 5.41 Å². The highest BCUT2D eigenvalue weighted by molar-refractivity contribution is 6.40. The van der Waals surface area contributed by atoms with E-state index in [9.17, 15) is 9.59 Å². The minimum absolute atomic E-state index is 0.0468. The average molecular weight is 231 g/mol. The normalized spacial score (nSPS) is 20.8. The number of likely N-dealkylation sites (tertiary alicyclic amines) is 1. The minimum atomic E-state index is -0.555. The lowest BCUT2D eigenvalue weighted by Crippen LogP contribution is -2.30. The van der Waals surface area contributed by atoms with E-state index in [1.165, 1.54) is 0 Å². The minimum Gasteiger partial charge on any atom is -0.328 e. The second kappa shape index (κ2) is 3.99. The van der Waals surface area contributed by atoms with Crippen molar-refractivity contribution < 1.29 is 9.59 Å². The fraction of sp³-hybridized carbons (Fsp3) is 0.429. The molecule has 1 amide bonds. The Hall–Kier alpha value is -1.64. The van der Waals surface area contributed by atoms with E-state index in [4.69, 9.17) is 0 Å². The number of carbonyl (C=O) groups excluding carboxylic acids is 2. The number of amides is 1.